The summed E-state index contributed by atoms with van der Waals surface area (Å²) in [4.78, 5) is 6.96. The van der Waals surface area contributed by atoms with Crippen LogP contribution in [-0.4, -0.2) is 10.5 Å². The maximum Gasteiger partial charge on any atom is 0.176 e. The van der Waals surface area contributed by atoms with E-state index in [1.807, 2.05) is 31.2 Å². The minimum Gasteiger partial charge on any atom is -0.474 e. The number of hydrogen-bond donors (Lipinski definition) is 0. The molecule has 2 nitrogen and oxygen atoms in total. The Kier molecular flexibility index (Phi) is 5.23. The second-order valence-electron chi connectivity index (χ2n) is 5.99. The van der Waals surface area contributed by atoms with Crippen LogP contribution in [0, 0.1) is 19.3 Å². The Balaban J connectivity index is 2.02. The molecule has 0 N–H and O–H groups in total. The Bertz CT molecular complexity index is 582. The predicted octanol–water partition coefficient (Wildman–Crippen LogP) is 5.90. The van der Waals surface area contributed by atoms with Crippen molar-refractivity contribution in [3.8, 4) is 5.75 Å². The van der Waals surface area contributed by atoms with Gasteiger partial charge in [0.25, 0.3) is 0 Å². The SMILES string of the molecule is Cc1nc(Sc2ccc(OC(Cl)C(C)(C)C)cc2)sc1C. The van der Waals surface area contributed by atoms with Crippen LogP contribution in [-0.2, 0) is 0 Å². The van der Waals surface area contributed by atoms with Crippen molar-refractivity contribution >= 4 is 34.7 Å². The fourth-order valence-corrected chi connectivity index (χ4v) is 3.70. The van der Waals surface area contributed by atoms with Crippen LogP contribution in [0.3, 0.4) is 0 Å². The fraction of sp³-hybridized carbons (Fsp3) is 0.438. The van der Waals surface area contributed by atoms with Crippen molar-refractivity contribution in [3.63, 3.8) is 0 Å². The van der Waals surface area contributed by atoms with E-state index in [9.17, 15) is 0 Å². The highest BCUT2D eigenvalue weighted by molar-refractivity contribution is 8.01. The molecule has 0 radical (unpaired) electrons. The van der Waals surface area contributed by atoms with Gasteiger partial charge in [-0.25, -0.2) is 4.98 Å². The number of benzene rings is 1. The third-order valence-electron chi connectivity index (χ3n) is 2.96. The summed E-state index contributed by atoms with van der Waals surface area (Å²) in [7, 11) is 0. The summed E-state index contributed by atoms with van der Waals surface area (Å²) in [6.45, 7) is 10.3. The molecule has 5 heteroatoms. The van der Waals surface area contributed by atoms with Gasteiger partial charge in [0.05, 0.1) is 5.69 Å². The Labute approximate surface area is 139 Å². The van der Waals surface area contributed by atoms with Gasteiger partial charge in [-0.1, -0.05) is 44.1 Å². The molecule has 0 aliphatic carbocycles. The van der Waals surface area contributed by atoms with Crippen LogP contribution in [0.2, 0.25) is 0 Å². The van der Waals surface area contributed by atoms with Crippen molar-refractivity contribution in [3.05, 3.63) is 34.8 Å². The number of halogens is 1. The molecule has 114 valence electrons. The molecule has 0 aliphatic rings. The number of thiazole rings is 1. The van der Waals surface area contributed by atoms with Gasteiger partial charge in [0.2, 0.25) is 0 Å². The number of nitrogens with zero attached hydrogens (tertiary/aromatic N) is 1. The first-order valence-electron chi connectivity index (χ1n) is 6.78. The first-order valence-corrected chi connectivity index (χ1v) is 8.85. The lowest BCUT2D eigenvalue weighted by Crippen LogP contribution is -2.26. The molecular weight excluding hydrogens is 322 g/mol. The van der Waals surface area contributed by atoms with E-state index in [0.717, 1.165) is 20.7 Å². The van der Waals surface area contributed by atoms with Crippen molar-refractivity contribution in [1.82, 2.24) is 4.98 Å². The van der Waals surface area contributed by atoms with E-state index < -0.39 is 0 Å². The molecule has 1 aromatic carbocycles. The van der Waals surface area contributed by atoms with E-state index in [4.69, 9.17) is 16.3 Å². The summed E-state index contributed by atoms with van der Waals surface area (Å²) in [6, 6.07) is 7.99. The second-order valence-corrected chi connectivity index (χ2v) is 8.91. The van der Waals surface area contributed by atoms with Crippen LogP contribution in [0.1, 0.15) is 31.3 Å². The summed E-state index contributed by atoms with van der Waals surface area (Å²) >= 11 is 9.65. The topological polar surface area (TPSA) is 22.1 Å². The quantitative estimate of drug-likeness (QED) is 0.646. The summed E-state index contributed by atoms with van der Waals surface area (Å²) in [5, 5.41) is 0. The van der Waals surface area contributed by atoms with Crippen molar-refractivity contribution in [2.75, 3.05) is 0 Å². The Morgan fingerprint density at radius 3 is 2.29 bits per heavy atom. The molecule has 0 fully saturated rings. The van der Waals surface area contributed by atoms with Gasteiger partial charge in [0, 0.05) is 15.2 Å². The summed E-state index contributed by atoms with van der Waals surface area (Å²) in [5.41, 5.74) is 0.670. The van der Waals surface area contributed by atoms with Gasteiger partial charge < -0.3 is 4.74 Å². The van der Waals surface area contributed by atoms with Crippen molar-refractivity contribution in [1.29, 1.82) is 0 Å². The van der Waals surface area contributed by atoms with Crippen LogP contribution in [0.5, 0.6) is 5.75 Å². The molecule has 1 unspecified atom stereocenters. The van der Waals surface area contributed by atoms with Gasteiger partial charge in [0.1, 0.15) is 5.75 Å². The summed E-state index contributed by atoms with van der Waals surface area (Å²) in [5.74, 6) is 0.792. The van der Waals surface area contributed by atoms with Crippen LogP contribution in [0.4, 0.5) is 0 Å². The lowest BCUT2D eigenvalue weighted by Gasteiger charge is -2.25. The average molecular weight is 342 g/mol. The molecule has 0 saturated carbocycles. The van der Waals surface area contributed by atoms with Gasteiger partial charge in [-0.15, -0.1) is 11.3 Å². The highest BCUT2D eigenvalue weighted by Crippen LogP contribution is 2.34. The third kappa shape index (κ3) is 4.63. The molecule has 21 heavy (non-hydrogen) atoms. The number of ether oxygens (including phenoxy) is 1. The van der Waals surface area contributed by atoms with E-state index in [0.29, 0.717) is 0 Å². The Morgan fingerprint density at radius 2 is 1.81 bits per heavy atom. The molecule has 0 amide bonds. The normalized spacial score (nSPS) is 13.2. The average Bonchev–Trinajstić information content (AvgIpc) is 2.69. The number of hydrogen-bond acceptors (Lipinski definition) is 4. The molecule has 1 aromatic heterocycles. The molecule has 0 spiro atoms. The minimum atomic E-state index is -0.347. The maximum atomic E-state index is 6.25. The summed E-state index contributed by atoms with van der Waals surface area (Å²) in [6.07, 6.45) is 0. The fourth-order valence-electron chi connectivity index (χ4n) is 1.47. The smallest absolute Gasteiger partial charge is 0.176 e. The standard InChI is InChI=1S/C16H20ClNOS2/c1-10-11(2)20-15(18-10)21-13-8-6-12(7-9-13)19-14(17)16(3,4)5/h6-9,14H,1-5H3. The Morgan fingerprint density at radius 1 is 1.19 bits per heavy atom. The molecule has 2 rings (SSSR count). The number of alkyl halides is 1. The molecule has 1 heterocycles. The maximum absolute atomic E-state index is 6.25. The van der Waals surface area contributed by atoms with Gasteiger partial charge in [0.15, 0.2) is 9.90 Å². The van der Waals surface area contributed by atoms with Crippen LogP contribution in [0.25, 0.3) is 0 Å². The van der Waals surface area contributed by atoms with Gasteiger partial charge in [-0.05, 0) is 38.1 Å². The number of rotatable bonds is 4. The summed E-state index contributed by atoms with van der Waals surface area (Å²) < 4.78 is 6.82. The molecule has 1 atom stereocenters. The van der Waals surface area contributed by atoms with Crippen LogP contribution in [0.15, 0.2) is 33.5 Å². The molecule has 2 aromatic rings. The highest BCUT2D eigenvalue weighted by atomic mass is 35.5. The monoisotopic (exact) mass is 341 g/mol. The van der Waals surface area contributed by atoms with E-state index in [-0.39, 0.29) is 11.0 Å². The minimum absolute atomic E-state index is 0.0923. The second kappa shape index (κ2) is 6.59. The van der Waals surface area contributed by atoms with E-state index >= 15 is 0 Å². The lowest BCUT2D eigenvalue weighted by molar-refractivity contribution is 0.158. The molecule has 0 bridgehead atoms. The zero-order chi connectivity index (χ0) is 15.6. The largest absolute Gasteiger partial charge is 0.474 e. The number of aromatic nitrogens is 1. The van der Waals surface area contributed by atoms with Crippen LogP contribution < -0.4 is 4.74 Å². The first-order chi connectivity index (χ1) is 9.75. The lowest BCUT2D eigenvalue weighted by atomic mass is 9.98. The van der Waals surface area contributed by atoms with Gasteiger partial charge >= 0.3 is 0 Å². The first kappa shape index (κ1) is 16.7. The van der Waals surface area contributed by atoms with Crippen molar-refractivity contribution in [2.24, 2.45) is 5.41 Å². The zero-order valence-corrected chi connectivity index (χ0v) is 15.3. The Hall–Kier alpha value is -0.710. The van der Waals surface area contributed by atoms with Crippen molar-refractivity contribution < 1.29 is 4.74 Å². The molecule has 0 aliphatic heterocycles. The third-order valence-corrected chi connectivity index (χ3v) is 5.84. The van der Waals surface area contributed by atoms with Gasteiger partial charge in [-0.2, -0.15) is 0 Å². The van der Waals surface area contributed by atoms with E-state index in [1.165, 1.54) is 4.88 Å². The van der Waals surface area contributed by atoms with E-state index in [2.05, 4.69) is 32.7 Å². The van der Waals surface area contributed by atoms with Gasteiger partial charge in [-0.3, -0.25) is 0 Å². The van der Waals surface area contributed by atoms with Crippen LogP contribution >= 0.6 is 34.7 Å². The molecule has 0 saturated heterocycles. The molecular formula is C16H20ClNOS2. The number of aryl methyl sites for hydroxylation is 2. The zero-order valence-electron chi connectivity index (χ0n) is 12.9. The highest BCUT2D eigenvalue weighted by Gasteiger charge is 2.23. The van der Waals surface area contributed by atoms with E-state index in [1.54, 1.807) is 23.1 Å². The predicted molar refractivity (Wildman–Crippen MR) is 91.9 cm³/mol. The van der Waals surface area contributed by atoms with Crippen molar-refractivity contribution in [2.45, 2.75) is 49.4 Å².